The third kappa shape index (κ3) is 3.78. The van der Waals surface area contributed by atoms with E-state index >= 15 is 0 Å². The number of benzene rings is 1. The molecule has 0 radical (unpaired) electrons. The van der Waals surface area contributed by atoms with Gasteiger partial charge in [0.15, 0.2) is 0 Å². The van der Waals surface area contributed by atoms with Crippen LogP contribution in [0.3, 0.4) is 0 Å². The molecule has 19 heavy (non-hydrogen) atoms. The lowest BCUT2D eigenvalue weighted by atomic mass is 10.1. The number of nitrogens with zero attached hydrogens (tertiary/aromatic N) is 1. The Hall–Kier alpha value is -1.39. The van der Waals surface area contributed by atoms with Crippen LogP contribution in [0, 0.1) is 0 Å². The lowest BCUT2D eigenvalue weighted by Crippen LogP contribution is -2.38. The highest BCUT2D eigenvalue weighted by Crippen LogP contribution is 2.20. The van der Waals surface area contributed by atoms with Gasteiger partial charge in [-0.15, -0.1) is 0 Å². The number of nitrogens with two attached hydrogens (primary N) is 1. The van der Waals surface area contributed by atoms with Crippen molar-refractivity contribution in [3.8, 4) is 0 Å². The van der Waals surface area contributed by atoms with Crippen molar-refractivity contribution in [3.63, 3.8) is 0 Å². The normalized spacial score (nSPS) is 22.4. The number of rotatable bonds is 5. The Bertz CT molecular complexity index is 408. The maximum absolute atomic E-state index is 12.2. The van der Waals surface area contributed by atoms with E-state index < -0.39 is 0 Å². The Morgan fingerprint density at radius 1 is 1.37 bits per heavy atom. The van der Waals surface area contributed by atoms with Crippen LogP contribution in [0.2, 0.25) is 0 Å². The van der Waals surface area contributed by atoms with E-state index in [4.69, 9.17) is 10.5 Å². The van der Waals surface area contributed by atoms with E-state index in [1.807, 2.05) is 25.2 Å². The standard InChI is InChI=1S/C15H22N2O2/c1-17(10-9-12-5-3-2-4-6-12)15(18)14-8-7-13(11-16)19-14/h2-6,13-14H,7-11,16H2,1H3/t13-,14+/m1/s1. The number of hydrogen-bond acceptors (Lipinski definition) is 3. The molecule has 4 heteroatoms. The monoisotopic (exact) mass is 262 g/mol. The summed E-state index contributed by atoms with van der Waals surface area (Å²) in [5, 5.41) is 0. The minimum atomic E-state index is -0.297. The number of amides is 1. The zero-order valence-corrected chi connectivity index (χ0v) is 11.4. The summed E-state index contributed by atoms with van der Waals surface area (Å²) in [6.45, 7) is 1.22. The molecule has 1 heterocycles. The largest absolute Gasteiger partial charge is 0.364 e. The SMILES string of the molecule is CN(CCc1ccccc1)C(=O)[C@@H]1CC[C@H](CN)O1. The molecule has 2 atom stereocenters. The van der Waals surface area contributed by atoms with Gasteiger partial charge in [0.05, 0.1) is 6.10 Å². The Kier molecular flexibility index (Phi) is 4.93. The quantitative estimate of drug-likeness (QED) is 0.867. The molecule has 1 aromatic rings. The molecule has 1 amide bonds. The summed E-state index contributed by atoms with van der Waals surface area (Å²) in [5.41, 5.74) is 6.80. The summed E-state index contributed by atoms with van der Waals surface area (Å²) in [6.07, 6.45) is 2.30. The molecule has 1 aromatic carbocycles. The van der Waals surface area contributed by atoms with E-state index in [1.54, 1.807) is 4.90 Å². The Balaban J connectivity index is 1.80. The molecule has 1 aliphatic heterocycles. The number of ether oxygens (including phenoxy) is 1. The second-order valence-corrected chi connectivity index (χ2v) is 5.06. The average molecular weight is 262 g/mol. The molecule has 2 rings (SSSR count). The van der Waals surface area contributed by atoms with Gasteiger partial charge < -0.3 is 15.4 Å². The highest BCUT2D eigenvalue weighted by atomic mass is 16.5. The van der Waals surface area contributed by atoms with Crippen molar-refractivity contribution in [2.24, 2.45) is 5.73 Å². The van der Waals surface area contributed by atoms with Crippen molar-refractivity contribution in [2.45, 2.75) is 31.5 Å². The summed E-state index contributed by atoms with van der Waals surface area (Å²) in [5.74, 6) is 0.0758. The van der Waals surface area contributed by atoms with Crippen molar-refractivity contribution in [1.29, 1.82) is 0 Å². The van der Waals surface area contributed by atoms with Gasteiger partial charge in [0.1, 0.15) is 6.10 Å². The van der Waals surface area contributed by atoms with E-state index in [1.165, 1.54) is 5.56 Å². The molecular weight excluding hydrogens is 240 g/mol. The van der Waals surface area contributed by atoms with Crippen LogP contribution in [-0.2, 0) is 16.0 Å². The van der Waals surface area contributed by atoms with Gasteiger partial charge in [-0.25, -0.2) is 0 Å². The molecule has 1 saturated heterocycles. The van der Waals surface area contributed by atoms with Gasteiger partial charge in [0.25, 0.3) is 5.91 Å². The zero-order valence-electron chi connectivity index (χ0n) is 11.4. The van der Waals surface area contributed by atoms with Gasteiger partial charge in [0.2, 0.25) is 0 Å². The predicted molar refractivity (Wildman–Crippen MR) is 74.7 cm³/mol. The summed E-state index contributed by atoms with van der Waals surface area (Å²) in [6, 6.07) is 10.2. The van der Waals surface area contributed by atoms with Crippen LogP contribution in [0.25, 0.3) is 0 Å². The topological polar surface area (TPSA) is 55.6 Å². The van der Waals surface area contributed by atoms with Crippen molar-refractivity contribution in [3.05, 3.63) is 35.9 Å². The van der Waals surface area contributed by atoms with E-state index in [0.717, 1.165) is 25.8 Å². The summed E-state index contributed by atoms with van der Waals surface area (Å²) < 4.78 is 5.63. The van der Waals surface area contributed by atoms with Gasteiger partial charge in [-0.1, -0.05) is 30.3 Å². The molecule has 104 valence electrons. The lowest BCUT2D eigenvalue weighted by molar-refractivity contribution is -0.141. The Morgan fingerprint density at radius 3 is 2.74 bits per heavy atom. The molecule has 0 saturated carbocycles. The number of likely N-dealkylation sites (N-methyl/N-ethyl adjacent to an activating group) is 1. The molecule has 1 aliphatic rings. The van der Waals surface area contributed by atoms with E-state index in [9.17, 15) is 4.79 Å². The van der Waals surface area contributed by atoms with Gasteiger partial charge in [-0.05, 0) is 24.8 Å². The molecule has 0 bridgehead atoms. The van der Waals surface area contributed by atoms with Crippen molar-refractivity contribution in [1.82, 2.24) is 4.90 Å². The first-order chi connectivity index (χ1) is 9.20. The van der Waals surface area contributed by atoms with Crippen LogP contribution in [-0.4, -0.2) is 43.2 Å². The van der Waals surface area contributed by atoms with E-state index in [0.29, 0.717) is 6.54 Å². The van der Waals surface area contributed by atoms with Gasteiger partial charge in [-0.3, -0.25) is 4.79 Å². The first kappa shape index (κ1) is 14.0. The first-order valence-electron chi connectivity index (χ1n) is 6.85. The van der Waals surface area contributed by atoms with Crippen LogP contribution in [0.5, 0.6) is 0 Å². The Labute approximate surface area is 114 Å². The first-order valence-corrected chi connectivity index (χ1v) is 6.85. The number of carbonyl (C=O) groups is 1. The van der Waals surface area contributed by atoms with Gasteiger partial charge in [0, 0.05) is 20.1 Å². The fraction of sp³-hybridized carbons (Fsp3) is 0.533. The second kappa shape index (κ2) is 6.68. The highest BCUT2D eigenvalue weighted by Gasteiger charge is 2.31. The van der Waals surface area contributed by atoms with Gasteiger partial charge in [-0.2, -0.15) is 0 Å². The molecule has 2 N–H and O–H groups in total. The fourth-order valence-corrected chi connectivity index (χ4v) is 2.36. The predicted octanol–water partition coefficient (Wildman–Crippen LogP) is 1.19. The van der Waals surface area contributed by atoms with Crippen LogP contribution in [0.15, 0.2) is 30.3 Å². The second-order valence-electron chi connectivity index (χ2n) is 5.06. The highest BCUT2D eigenvalue weighted by molar-refractivity contribution is 5.81. The number of carbonyl (C=O) groups excluding carboxylic acids is 1. The molecule has 0 aromatic heterocycles. The molecule has 0 unspecified atom stereocenters. The minimum absolute atomic E-state index is 0.0523. The van der Waals surface area contributed by atoms with Crippen LogP contribution in [0.4, 0.5) is 0 Å². The summed E-state index contributed by atoms with van der Waals surface area (Å²) in [7, 11) is 1.84. The maximum atomic E-state index is 12.2. The van der Waals surface area contributed by atoms with Crippen molar-refractivity contribution in [2.75, 3.05) is 20.1 Å². The van der Waals surface area contributed by atoms with Crippen LogP contribution in [0.1, 0.15) is 18.4 Å². The van der Waals surface area contributed by atoms with Crippen LogP contribution < -0.4 is 5.73 Å². The number of hydrogen-bond donors (Lipinski definition) is 1. The van der Waals surface area contributed by atoms with Crippen molar-refractivity contribution < 1.29 is 9.53 Å². The molecule has 0 aliphatic carbocycles. The van der Waals surface area contributed by atoms with Gasteiger partial charge >= 0.3 is 0 Å². The average Bonchev–Trinajstić information content (AvgIpc) is 2.94. The zero-order chi connectivity index (χ0) is 13.7. The van der Waals surface area contributed by atoms with Crippen LogP contribution >= 0.6 is 0 Å². The molecule has 0 spiro atoms. The lowest BCUT2D eigenvalue weighted by Gasteiger charge is -2.21. The third-order valence-corrected chi connectivity index (χ3v) is 3.60. The maximum Gasteiger partial charge on any atom is 0.251 e. The van der Waals surface area contributed by atoms with Crippen molar-refractivity contribution >= 4 is 5.91 Å². The summed E-state index contributed by atoms with van der Waals surface area (Å²) in [4.78, 5) is 13.9. The van der Waals surface area contributed by atoms with E-state index in [-0.39, 0.29) is 18.1 Å². The minimum Gasteiger partial charge on any atom is -0.364 e. The molecule has 4 nitrogen and oxygen atoms in total. The molecule has 1 fully saturated rings. The third-order valence-electron chi connectivity index (χ3n) is 3.60. The Morgan fingerprint density at radius 2 is 2.11 bits per heavy atom. The smallest absolute Gasteiger partial charge is 0.251 e. The summed E-state index contributed by atoms with van der Waals surface area (Å²) >= 11 is 0. The van der Waals surface area contributed by atoms with E-state index in [2.05, 4.69) is 12.1 Å². The fourth-order valence-electron chi connectivity index (χ4n) is 2.36. The molecular formula is C15H22N2O2.